The van der Waals surface area contributed by atoms with Gasteiger partial charge in [-0.2, -0.15) is 0 Å². The third kappa shape index (κ3) is 5.83. The number of aryl methyl sites for hydroxylation is 2. The number of rotatable bonds is 8. The molecule has 28 heavy (non-hydrogen) atoms. The van der Waals surface area contributed by atoms with E-state index in [9.17, 15) is 0 Å². The van der Waals surface area contributed by atoms with Crippen molar-refractivity contribution in [1.82, 2.24) is 20.7 Å². The van der Waals surface area contributed by atoms with Crippen LogP contribution in [-0.4, -0.2) is 42.2 Å². The van der Waals surface area contributed by atoms with E-state index in [4.69, 9.17) is 9.52 Å². The molecular weight excluding hydrogens is 350 g/mol. The van der Waals surface area contributed by atoms with Gasteiger partial charge in [-0.05, 0) is 64.3 Å². The van der Waals surface area contributed by atoms with Crippen LogP contribution in [0.1, 0.15) is 47.9 Å². The van der Waals surface area contributed by atoms with Crippen LogP contribution in [0, 0.1) is 13.8 Å². The molecule has 0 amide bonds. The van der Waals surface area contributed by atoms with E-state index < -0.39 is 0 Å². The molecule has 0 aliphatic carbocycles. The summed E-state index contributed by atoms with van der Waals surface area (Å²) in [4.78, 5) is 7.25. The number of hydrogen-bond acceptors (Lipinski definition) is 4. The first-order valence-corrected chi connectivity index (χ1v) is 10.4. The zero-order valence-corrected chi connectivity index (χ0v) is 17.4. The topological polar surface area (TPSA) is 65.7 Å². The van der Waals surface area contributed by atoms with E-state index in [2.05, 4.69) is 51.9 Å². The Kier molecular flexibility index (Phi) is 7.48. The van der Waals surface area contributed by atoms with E-state index >= 15 is 0 Å². The second-order valence-electron chi connectivity index (χ2n) is 7.47. The fourth-order valence-electron chi connectivity index (χ4n) is 3.63. The lowest BCUT2D eigenvalue weighted by Gasteiger charge is -2.14. The number of aliphatic imine (C=N–C) groups is 1. The molecule has 152 valence electrons. The molecule has 1 aromatic carbocycles. The molecule has 2 N–H and O–H groups in total. The third-order valence-corrected chi connectivity index (χ3v) is 5.24. The van der Waals surface area contributed by atoms with Crippen molar-refractivity contribution in [2.45, 2.75) is 53.1 Å². The third-order valence-electron chi connectivity index (χ3n) is 5.24. The molecule has 0 bridgehead atoms. The first-order valence-electron chi connectivity index (χ1n) is 10.4. The Bertz CT molecular complexity index is 740. The minimum Gasteiger partial charge on any atom is -0.361 e. The summed E-state index contributed by atoms with van der Waals surface area (Å²) < 4.78 is 5.23. The first-order chi connectivity index (χ1) is 13.7. The van der Waals surface area contributed by atoms with E-state index in [1.807, 2.05) is 13.8 Å². The Labute approximate surface area is 168 Å². The summed E-state index contributed by atoms with van der Waals surface area (Å²) in [6.45, 7) is 11.9. The highest BCUT2D eigenvalue weighted by Gasteiger charge is 2.11. The standard InChI is InChI=1S/C22H33N5O/c1-4-23-22(24-12-11-21-17(2)26-28-18(21)3)25-15-19-7-9-20(10-8-19)16-27-13-5-6-14-27/h7-10H,4-6,11-16H2,1-3H3,(H2,23,24,25). The van der Waals surface area contributed by atoms with Crippen LogP contribution in [0.4, 0.5) is 0 Å². The molecule has 0 radical (unpaired) electrons. The van der Waals surface area contributed by atoms with E-state index in [1.54, 1.807) is 0 Å². The normalized spacial score (nSPS) is 15.2. The van der Waals surface area contributed by atoms with Crippen molar-refractivity contribution in [2.75, 3.05) is 26.2 Å². The average molecular weight is 384 g/mol. The summed E-state index contributed by atoms with van der Waals surface area (Å²) in [7, 11) is 0. The van der Waals surface area contributed by atoms with Crippen LogP contribution in [0.3, 0.4) is 0 Å². The van der Waals surface area contributed by atoms with Crippen molar-refractivity contribution in [1.29, 1.82) is 0 Å². The molecule has 6 nitrogen and oxygen atoms in total. The number of nitrogens with zero attached hydrogens (tertiary/aromatic N) is 3. The highest BCUT2D eigenvalue weighted by molar-refractivity contribution is 5.79. The Balaban J connectivity index is 1.50. The van der Waals surface area contributed by atoms with Gasteiger partial charge in [-0.1, -0.05) is 29.4 Å². The molecular formula is C22H33N5O. The highest BCUT2D eigenvalue weighted by atomic mass is 16.5. The number of nitrogens with one attached hydrogen (secondary N) is 2. The van der Waals surface area contributed by atoms with Gasteiger partial charge in [0.2, 0.25) is 0 Å². The molecule has 3 rings (SSSR count). The number of guanidine groups is 1. The monoisotopic (exact) mass is 383 g/mol. The molecule has 1 aliphatic rings. The molecule has 1 fully saturated rings. The lowest BCUT2D eigenvalue weighted by atomic mass is 10.1. The largest absolute Gasteiger partial charge is 0.361 e. The van der Waals surface area contributed by atoms with Gasteiger partial charge in [0.1, 0.15) is 5.76 Å². The van der Waals surface area contributed by atoms with Crippen LogP contribution in [0.25, 0.3) is 0 Å². The zero-order chi connectivity index (χ0) is 19.8. The minimum absolute atomic E-state index is 0.671. The van der Waals surface area contributed by atoms with E-state index in [-0.39, 0.29) is 0 Å². The molecule has 2 aromatic rings. The molecule has 0 saturated carbocycles. The van der Waals surface area contributed by atoms with Crippen LogP contribution in [0.2, 0.25) is 0 Å². The first kappa shape index (κ1) is 20.4. The van der Waals surface area contributed by atoms with Crippen molar-refractivity contribution >= 4 is 5.96 Å². The smallest absolute Gasteiger partial charge is 0.191 e. The van der Waals surface area contributed by atoms with Gasteiger partial charge >= 0.3 is 0 Å². The molecule has 1 saturated heterocycles. The minimum atomic E-state index is 0.671. The van der Waals surface area contributed by atoms with Gasteiger partial charge < -0.3 is 15.2 Å². The number of likely N-dealkylation sites (tertiary alicyclic amines) is 1. The SMILES string of the molecule is CCNC(=NCc1ccc(CN2CCCC2)cc1)NCCc1c(C)noc1C. The van der Waals surface area contributed by atoms with Gasteiger partial charge in [-0.3, -0.25) is 4.90 Å². The Morgan fingerprint density at radius 2 is 1.82 bits per heavy atom. The fraction of sp³-hybridized carbons (Fsp3) is 0.545. The van der Waals surface area contributed by atoms with Gasteiger partial charge in [0.05, 0.1) is 12.2 Å². The number of aromatic nitrogens is 1. The Morgan fingerprint density at radius 3 is 2.46 bits per heavy atom. The predicted molar refractivity (Wildman–Crippen MR) is 113 cm³/mol. The molecule has 1 aromatic heterocycles. The maximum Gasteiger partial charge on any atom is 0.191 e. The van der Waals surface area contributed by atoms with Crippen LogP contribution in [0.15, 0.2) is 33.8 Å². The summed E-state index contributed by atoms with van der Waals surface area (Å²) in [5, 5.41) is 10.7. The van der Waals surface area contributed by atoms with Gasteiger partial charge in [0, 0.05) is 25.2 Å². The quantitative estimate of drug-likeness (QED) is 0.541. The van der Waals surface area contributed by atoms with Crippen LogP contribution in [0.5, 0.6) is 0 Å². The van der Waals surface area contributed by atoms with Gasteiger partial charge in [-0.25, -0.2) is 4.99 Å². The van der Waals surface area contributed by atoms with Crippen molar-refractivity contribution in [3.63, 3.8) is 0 Å². The fourth-order valence-corrected chi connectivity index (χ4v) is 3.63. The Hall–Kier alpha value is -2.34. The maximum atomic E-state index is 5.23. The van der Waals surface area contributed by atoms with Gasteiger partial charge in [0.25, 0.3) is 0 Å². The van der Waals surface area contributed by atoms with Crippen LogP contribution >= 0.6 is 0 Å². The van der Waals surface area contributed by atoms with E-state index in [0.29, 0.717) is 6.54 Å². The van der Waals surface area contributed by atoms with Crippen molar-refractivity contribution < 1.29 is 4.52 Å². The summed E-state index contributed by atoms with van der Waals surface area (Å²) in [5.41, 5.74) is 4.76. The van der Waals surface area contributed by atoms with Crippen LogP contribution in [-0.2, 0) is 19.5 Å². The van der Waals surface area contributed by atoms with Gasteiger partial charge in [0.15, 0.2) is 5.96 Å². The maximum absolute atomic E-state index is 5.23. The van der Waals surface area contributed by atoms with Gasteiger partial charge in [-0.15, -0.1) is 0 Å². The second-order valence-corrected chi connectivity index (χ2v) is 7.47. The second kappa shape index (κ2) is 10.3. The number of benzene rings is 1. The predicted octanol–water partition coefficient (Wildman–Crippen LogP) is 3.19. The molecule has 0 atom stereocenters. The molecule has 1 aliphatic heterocycles. The molecule has 6 heteroatoms. The zero-order valence-electron chi connectivity index (χ0n) is 17.4. The van der Waals surface area contributed by atoms with Crippen molar-refractivity contribution in [2.24, 2.45) is 4.99 Å². The lowest BCUT2D eigenvalue weighted by molar-refractivity contribution is 0.331. The van der Waals surface area contributed by atoms with Crippen molar-refractivity contribution in [3.8, 4) is 0 Å². The van der Waals surface area contributed by atoms with E-state index in [1.165, 1.54) is 42.6 Å². The van der Waals surface area contributed by atoms with Crippen molar-refractivity contribution in [3.05, 3.63) is 52.4 Å². The summed E-state index contributed by atoms with van der Waals surface area (Å²) in [6.07, 6.45) is 3.54. The summed E-state index contributed by atoms with van der Waals surface area (Å²) in [5.74, 6) is 1.74. The number of hydrogen-bond donors (Lipinski definition) is 2. The highest BCUT2D eigenvalue weighted by Crippen LogP contribution is 2.14. The average Bonchev–Trinajstić information content (AvgIpc) is 3.32. The lowest BCUT2D eigenvalue weighted by Crippen LogP contribution is -2.38. The summed E-state index contributed by atoms with van der Waals surface area (Å²) >= 11 is 0. The molecule has 0 unspecified atom stereocenters. The van der Waals surface area contributed by atoms with E-state index in [0.717, 1.165) is 43.5 Å². The molecule has 2 heterocycles. The molecule has 0 spiro atoms. The van der Waals surface area contributed by atoms with Crippen LogP contribution < -0.4 is 10.6 Å². The summed E-state index contributed by atoms with van der Waals surface area (Å²) in [6, 6.07) is 8.87. The Morgan fingerprint density at radius 1 is 1.11 bits per heavy atom.